The molecule has 0 fully saturated rings. The Morgan fingerprint density at radius 1 is 1.00 bits per heavy atom. The molecule has 0 aliphatic heterocycles. The average Bonchev–Trinajstić information content (AvgIpc) is 2.26. The molecule has 16 heavy (non-hydrogen) atoms. The van der Waals surface area contributed by atoms with Gasteiger partial charge in [-0.15, -0.1) is 0 Å². The van der Waals surface area contributed by atoms with Crippen LogP contribution in [0.5, 0.6) is 0 Å². The molecule has 0 aliphatic carbocycles. The van der Waals surface area contributed by atoms with Crippen LogP contribution in [0, 0.1) is 9.39 Å². The second-order valence-electron chi connectivity index (χ2n) is 2.95. The van der Waals surface area contributed by atoms with Gasteiger partial charge in [-0.05, 0) is 46.9 Å². The Kier molecular flexibility index (Phi) is 3.61. The first-order valence-corrected chi connectivity index (χ1v) is 6.06. The quantitative estimate of drug-likeness (QED) is 0.557. The SMILES string of the molecule is Fc1ccc(-c2nc(Cl)c(I)c(Cl)n2)cc1. The maximum absolute atomic E-state index is 12.7. The predicted molar refractivity (Wildman–Crippen MR) is 70.2 cm³/mol. The molecule has 2 rings (SSSR count). The van der Waals surface area contributed by atoms with Gasteiger partial charge in [0.15, 0.2) is 5.82 Å². The molecule has 0 bridgehead atoms. The van der Waals surface area contributed by atoms with E-state index in [9.17, 15) is 4.39 Å². The van der Waals surface area contributed by atoms with E-state index < -0.39 is 0 Å². The van der Waals surface area contributed by atoms with Crippen LogP contribution >= 0.6 is 45.8 Å². The number of aromatic nitrogens is 2. The minimum atomic E-state index is -0.313. The summed E-state index contributed by atoms with van der Waals surface area (Å²) in [5, 5.41) is 0.583. The highest BCUT2D eigenvalue weighted by molar-refractivity contribution is 14.1. The Morgan fingerprint density at radius 3 is 2.00 bits per heavy atom. The number of halogens is 4. The van der Waals surface area contributed by atoms with Crippen molar-refractivity contribution in [2.45, 2.75) is 0 Å². The van der Waals surface area contributed by atoms with Crippen LogP contribution in [0.2, 0.25) is 10.3 Å². The molecule has 0 spiro atoms. The van der Waals surface area contributed by atoms with E-state index in [-0.39, 0.29) is 5.82 Å². The van der Waals surface area contributed by atoms with Crippen molar-refractivity contribution in [1.29, 1.82) is 0 Å². The fourth-order valence-electron chi connectivity index (χ4n) is 1.12. The van der Waals surface area contributed by atoms with Gasteiger partial charge in [-0.1, -0.05) is 23.2 Å². The van der Waals surface area contributed by atoms with Gasteiger partial charge in [0.2, 0.25) is 0 Å². The van der Waals surface area contributed by atoms with E-state index in [1.807, 2.05) is 22.6 Å². The lowest BCUT2D eigenvalue weighted by atomic mass is 10.2. The highest BCUT2D eigenvalue weighted by Crippen LogP contribution is 2.26. The molecule has 0 N–H and O–H groups in total. The Labute approximate surface area is 115 Å². The van der Waals surface area contributed by atoms with Crippen molar-refractivity contribution in [3.05, 3.63) is 44.0 Å². The van der Waals surface area contributed by atoms with Crippen LogP contribution in [0.25, 0.3) is 11.4 Å². The fourth-order valence-corrected chi connectivity index (χ4v) is 1.75. The van der Waals surface area contributed by atoms with Crippen molar-refractivity contribution in [2.24, 2.45) is 0 Å². The Bertz CT molecular complexity index is 508. The van der Waals surface area contributed by atoms with Gasteiger partial charge >= 0.3 is 0 Å². The molecule has 2 aromatic rings. The molecular formula is C10H4Cl2FIN2. The molecule has 0 radical (unpaired) electrons. The van der Waals surface area contributed by atoms with Gasteiger partial charge in [-0.25, -0.2) is 14.4 Å². The van der Waals surface area contributed by atoms with E-state index in [0.29, 0.717) is 25.3 Å². The van der Waals surface area contributed by atoms with E-state index in [2.05, 4.69) is 9.97 Å². The van der Waals surface area contributed by atoms with E-state index in [0.717, 1.165) is 0 Å². The maximum atomic E-state index is 12.7. The number of hydrogen-bond donors (Lipinski definition) is 0. The van der Waals surface area contributed by atoms with Gasteiger partial charge in [0.1, 0.15) is 16.1 Å². The average molecular weight is 369 g/mol. The minimum Gasteiger partial charge on any atom is -0.215 e. The van der Waals surface area contributed by atoms with Gasteiger partial charge in [0, 0.05) is 5.56 Å². The summed E-state index contributed by atoms with van der Waals surface area (Å²) in [4.78, 5) is 8.15. The van der Waals surface area contributed by atoms with E-state index in [4.69, 9.17) is 23.2 Å². The molecule has 1 aromatic heterocycles. The Balaban J connectivity index is 2.52. The number of rotatable bonds is 1. The van der Waals surface area contributed by atoms with Gasteiger partial charge in [-0.2, -0.15) is 0 Å². The van der Waals surface area contributed by atoms with Crippen LogP contribution in [0.15, 0.2) is 24.3 Å². The molecule has 1 heterocycles. The van der Waals surface area contributed by atoms with E-state index in [1.54, 1.807) is 12.1 Å². The molecule has 1 aromatic carbocycles. The molecule has 82 valence electrons. The van der Waals surface area contributed by atoms with Crippen LogP contribution in [0.3, 0.4) is 0 Å². The summed E-state index contributed by atoms with van der Waals surface area (Å²) >= 11 is 13.7. The van der Waals surface area contributed by atoms with Crippen LogP contribution in [0.4, 0.5) is 4.39 Å². The van der Waals surface area contributed by atoms with E-state index in [1.165, 1.54) is 12.1 Å². The summed E-state index contributed by atoms with van der Waals surface area (Å²) < 4.78 is 13.3. The first-order valence-electron chi connectivity index (χ1n) is 4.22. The largest absolute Gasteiger partial charge is 0.215 e. The molecule has 0 amide bonds. The molecule has 6 heteroatoms. The first-order chi connectivity index (χ1) is 7.58. The number of nitrogens with zero attached hydrogens (tertiary/aromatic N) is 2. The number of benzene rings is 1. The lowest BCUT2D eigenvalue weighted by Crippen LogP contribution is -1.93. The van der Waals surface area contributed by atoms with Crippen LogP contribution in [0.1, 0.15) is 0 Å². The van der Waals surface area contributed by atoms with E-state index >= 15 is 0 Å². The highest BCUT2D eigenvalue weighted by Gasteiger charge is 2.10. The predicted octanol–water partition coefficient (Wildman–Crippen LogP) is 4.19. The van der Waals surface area contributed by atoms with Crippen LogP contribution < -0.4 is 0 Å². The highest BCUT2D eigenvalue weighted by atomic mass is 127. The third-order valence-corrected chi connectivity index (χ3v) is 4.08. The zero-order valence-electron chi connectivity index (χ0n) is 7.72. The summed E-state index contributed by atoms with van der Waals surface area (Å²) in [6, 6.07) is 5.81. The molecule has 0 aliphatic rings. The van der Waals surface area contributed by atoms with Crippen molar-refractivity contribution >= 4 is 45.8 Å². The zero-order valence-corrected chi connectivity index (χ0v) is 11.4. The van der Waals surface area contributed by atoms with Gasteiger partial charge < -0.3 is 0 Å². The van der Waals surface area contributed by atoms with Gasteiger partial charge in [0.25, 0.3) is 0 Å². The van der Waals surface area contributed by atoms with Crippen LogP contribution in [-0.4, -0.2) is 9.97 Å². The molecule has 0 atom stereocenters. The Morgan fingerprint density at radius 2 is 1.50 bits per heavy atom. The lowest BCUT2D eigenvalue weighted by molar-refractivity contribution is 0.628. The summed E-state index contributed by atoms with van der Waals surface area (Å²) in [6.07, 6.45) is 0. The molecule has 2 nitrogen and oxygen atoms in total. The molecular weight excluding hydrogens is 365 g/mol. The van der Waals surface area contributed by atoms with Crippen molar-refractivity contribution in [2.75, 3.05) is 0 Å². The summed E-state index contributed by atoms with van der Waals surface area (Å²) in [6.45, 7) is 0. The maximum Gasteiger partial charge on any atom is 0.162 e. The monoisotopic (exact) mass is 368 g/mol. The van der Waals surface area contributed by atoms with Crippen LogP contribution in [-0.2, 0) is 0 Å². The summed E-state index contributed by atoms with van der Waals surface area (Å²) in [5.41, 5.74) is 0.668. The van der Waals surface area contributed by atoms with Gasteiger partial charge in [-0.3, -0.25) is 0 Å². The standard InChI is InChI=1S/C10H4Cl2FIN2/c11-8-7(14)9(12)16-10(15-8)5-1-3-6(13)4-2-5/h1-4H. The first kappa shape index (κ1) is 12.0. The molecule has 0 saturated heterocycles. The normalized spacial score (nSPS) is 10.5. The lowest BCUT2D eigenvalue weighted by Gasteiger charge is -2.03. The smallest absolute Gasteiger partial charge is 0.162 e. The molecule has 0 unspecified atom stereocenters. The number of hydrogen-bond acceptors (Lipinski definition) is 2. The molecule has 0 saturated carbocycles. The second kappa shape index (κ2) is 4.81. The minimum absolute atomic E-state index is 0.292. The van der Waals surface area contributed by atoms with Crippen molar-refractivity contribution < 1.29 is 4.39 Å². The Hall–Kier alpha value is -0.460. The summed E-state index contributed by atoms with van der Waals surface area (Å²) in [5.74, 6) is 0.0712. The van der Waals surface area contributed by atoms with Crippen molar-refractivity contribution in [1.82, 2.24) is 9.97 Å². The zero-order chi connectivity index (χ0) is 11.7. The van der Waals surface area contributed by atoms with Crippen molar-refractivity contribution in [3.63, 3.8) is 0 Å². The third kappa shape index (κ3) is 2.44. The fraction of sp³-hybridized carbons (Fsp3) is 0. The van der Waals surface area contributed by atoms with Crippen molar-refractivity contribution in [3.8, 4) is 11.4 Å². The third-order valence-electron chi connectivity index (χ3n) is 1.87. The second-order valence-corrected chi connectivity index (χ2v) is 4.74. The van der Waals surface area contributed by atoms with Gasteiger partial charge in [0.05, 0.1) is 3.57 Å². The summed E-state index contributed by atoms with van der Waals surface area (Å²) in [7, 11) is 0. The topological polar surface area (TPSA) is 25.8 Å².